The first-order valence-corrected chi connectivity index (χ1v) is 11.9. The maximum absolute atomic E-state index is 13.1. The van der Waals surface area contributed by atoms with Crippen LogP contribution >= 0.6 is 35.6 Å². The van der Waals surface area contributed by atoms with Crippen molar-refractivity contribution >= 4 is 68.3 Å². The lowest BCUT2D eigenvalue weighted by Crippen LogP contribution is -2.27. The predicted octanol–water partition coefficient (Wildman–Crippen LogP) is 7.48. The molecule has 0 bridgehead atoms. The second kappa shape index (κ2) is 9.40. The van der Waals surface area contributed by atoms with Crippen LogP contribution in [0, 0.1) is 0 Å². The summed E-state index contributed by atoms with van der Waals surface area (Å²) in [6, 6.07) is 29.3. The number of halogens is 1. The number of para-hydroxylation sites is 1. The van der Waals surface area contributed by atoms with E-state index in [0.29, 0.717) is 32.3 Å². The van der Waals surface area contributed by atoms with Crippen LogP contribution in [0.2, 0.25) is 5.02 Å². The van der Waals surface area contributed by atoms with Gasteiger partial charge in [-0.2, -0.15) is 0 Å². The van der Waals surface area contributed by atoms with Crippen LogP contribution in [0.15, 0.2) is 95.9 Å². The molecule has 3 nitrogen and oxygen atoms in total. The smallest absolute Gasteiger partial charge is 0.270 e. The van der Waals surface area contributed by atoms with Gasteiger partial charge in [0.2, 0.25) is 0 Å². The molecule has 0 spiro atoms. The monoisotopic (exact) mass is 487 g/mol. The van der Waals surface area contributed by atoms with E-state index in [4.69, 9.17) is 28.6 Å². The summed E-state index contributed by atoms with van der Waals surface area (Å²) in [6.45, 7) is 0.432. The van der Waals surface area contributed by atoms with Crippen molar-refractivity contribution < 1.29 is 9.53 Å². The lowest BCUT2D eigenvalue weighted by Gasteiger charge is -2.14. The molecule has 1 heterocycles. The number of ether oxygens (including phenoxy) is 1. The normalized spacial score (nSPS) is 14.9. The lowest BCUT2D eigenvalue weighted by molar-refractivity contribution is -0.113. The topological polar surface area (TPSA) is 29.5 Å². The third-order valence-electron chi connectivity index (χ3n) is 5.29. The number of rotatable bonds is 5. The summed E-state index contributed by atoms with van der Waals surface area (Å²) in [5.74, 6) is 0.555. The summed E-state index contributed by atoms with van der Waals surface area (Å²) >= 11 is 12.7. The maximum atomic E-state index is 13.1. The zero-order valence-electron chi connectivity index (χ0n) is 17.4. The number of carbonyl (C=O) groups is 1. The standard InChI is InChI=1S/C27H18ClNO2S2/c28-22-11-13-23(14-12-22)29-26(30)25(33-27(29)32)16-21-7-3-4-8-24(21)31-17-18-9-10-19-5-1-2-6-20(19)15-18/h1-16H,17H2/b25-16+. The second-order valence-corrected chi connectivity index (χ2v) is 9.61. The molecule has 1 aliphatic rings. The minimum atomic E-state index is -0.156. The van der Waals surface area contributed by atoms with E-state index in [9.17, 15) is 4.79 Å². The highest BCUT2D eigenvalue weighted by Gasteiger charge is 2.33. The number of nitrogens with zero attached hydrogens (tertiary/aromatic N) is 1. The van der Waals surface area contributed by atoms with Gasteiger partial charge in [-0.25, -0.2) is 0 Å². The van der Waals surface area contributed by atoms with Crippen molar-refractivity contribution in [1.82, 2.24) is 0 Å². The Morgan fingerprint density at radius 2 is 1.64 bits per heavy atom. The van der Waals surface area contributed by atoms with Crippen LogP contribution in [0.3, 0.4) is 0 Å². The third-order valence-corrected chi connectivity index (χ3v) is 6.85. The predicted molar refractivity (Wildman–Crippen MR) is 142 cm³/mol. The molecule has 1 amide bonds. The van der Waals surface area contributed by atoms with E-state index >= 15 is 0 Å². The Hall–Kier alpha value is -3.12. The van der Waals surface area contributed by atoms with Crippen molar-refractivity contribution in [2.24, 2.45) is 0 Å². The van der Waals surface area contributed by atoms with Crippen LogP contribution in [-0.4, -0.2) is 10.2 Å². The van der Waals surface area contributed by atoms with Crippen molar-refractivity contribution in [3.05, 3.63) is 112 Å². The molecular weight excluding hydrogens is 470 g/mol. The van der Waals surface area contributed by atoms with Gasteiger partial charge >= 0.3 is 0 Å². The van der Waals surface area contributed by atoms with E-state index in [2.05, 4.69) is 30.3 Å². The number of anilines is 1. The highest BCUT2D eigenvalue weighted by molar-refractivity contribution is 8.27. The summed E-state index contributed by atoms with van der Waals surface area (Å²) in [7, 11) is 0. The zero-order valence-corrected chi connectivity index (χ0v) is 19.8. The molecule has 33 heavy (non-hydrogen) atoms. The highest BCUT2D eigenvalue weighted by atomic mass is 35.5. The first-order chi connectivity index (χ1) is 16.1. The quantitative estimate of drug-likeness (QED) is 0.215. The van der Waals surface area contributed by atoms with E-state index in [1.807, 2.05) is 42.5 Å². The fourth-order valence-corrected chi connectivity index (χ4v) is 5.06. The van der Waals surface area contributed by atoms with Crippen LogP contribution in [0.1, 0.15) is 11.1 Å². The van der Waals surface area contributed by atoms with Gasteiger partial charge in [-0.1, -0.05) is 90.2 Å². The van der Waals surface area contributed by atoms with Gasteiger partial charge in [-0.15, -0.1) is 0 Å². The molecule has 4 aromatic rings. The van der Waals surface area contributed by atoms with E-state index in [1.165, 1.54) is 27.4 Å². The molecule has 0 N–H and O–H groups in total. The van der Waals surface area contributed by atoms with E-state index in [-0.39, 0.29) is 5.91 Å². The number of hydrogen-bond donors (Lipinski definition) is 0. The van der Waals surface area contributed by atoms with Crippen molar-refractivity contribution in [2.75, 3.05) is 4.90 Å². The average Bonchev–Trinajstić information content (AvgIpc) is 3.11. The molecule has 0 atom stereocenters. The maximum Gasteiger partial charge on any atom is 0.270 e. The van der Waals surface area contributed by atoms with E-state index < -0.39 is 0 Å². The first-order valence-electron chi connectivity index (χ1n) is 10.3. The minimum absolute atomic E-state index is 0.156. The van der Waals surface area contributed by atoms with Gasteiger partial charge in [0.1, 0.15) is 12.4 Å². The average molecular weight is 488 g/mol. The molecule has 1 fully saturated rings. The van der Waals surface area contributed by atoms with Crippen molar-refractivity contribution in [1.29, 1.82) is 0 Å². The molecule has 1 aliphatic heterocycles. The van der Waals surface area contributed by atoms with Crippen molar-refractivity contribution in [2.45, 2.75) is 6.61 Å². The highest BCUT2D eigenvalue weighted by Crippen LogP contribution is 2.37. The van der Waals surface area contributed by atoms with Crippen molar-refractivity contribution in [3.63, 3.8) is 0 Å². The molecule has 5 rings (SSSR count). The summed E-state index contributed by atoms with van der Waals surface area (Å²) in [6.07, 6.45) is 1.84. The zero-order chi connectivity index (χ0) is 22.8. The Morgan fingerprint density at radius 3 is 2.45 bits per heavy atom. The summed E-state index contributed by atoms with van der Waals surface area (Å²) < 4.78 is 6.63. The molecule has 1 saturated heterocycles. The number of benzene rings is 4. The molecule has 0 aliphatic carbocycles. The van der Waals surface area contributed by atoms with Crippen LogP contribution in [0.5, 0.6) is 5.75 Å². The molecule has 4 aromatic carbocycles. The number of thioether (sulfide) groups is 1. The van der Waals surface area contributed by atoms with Crippen LogP contribution in [0.25, 0.3) is 16.8 Å². The van der Waals surface area contributed by atoms with Gasteiger partial charge in [-0.3, -0.25) is 9.69 Å². The molecular formula is C27H18ClNO2S2. The molecule has 0 saturated carbocycles. The van der Waals surface area contributed by atoms with Gasteiger partial charge in [0.15, 0.2) is 4.32 Å². The van der Waals surface area contributed by atoms with Crippen molar-refractivity contribution in [3.8, 4) is 5.75 Å². The Kier molecular flexibility index (Phi) is 6.18. The summed E-state index contributed by atoms with van der Waals surface area (Å²) in [5, 5.41) is 2.99. The number of hydrogen-bond acceptors (Lipinski definition) is 4. The van der Waals surface area contributed by atoms with Crippen LogP contribution in [-0.2, 0) is 11.4 Å². The molecule has 0 aromatic heterocycles. The molecule has 162 valence electrons. The summed E-state index contributed by atoms with van der Waals surface area (Å²) in [5.41, 5.74) is 2.61. The third kappa shape index (κ3) is 4.67. The Morgan fingerprint density at radius 1 is 0.909 bits per heavy atom. The largest absolute Gasteiger partial charge is 0.488 e. The van der Waals surface area contributed by atoms with Gasteiger partial charge in [-0.05, 0) is 58.8 Å². The molecule has 6 heteroatoms. The fraction of sp³-hybridized carbons (Fsp3) is 0.0370. The second-order valence-electron chi connectivity index (χ2n) is 7.50. The van der Waals surface area contributed by atoms with Gasteiger partial charge in [0.25, 0.3) is 5.91 Å². The number of thiocarbonyl (C=S) groups is 1. The van der Waals surface area contributed by atoms with Crippen LogP contribution < -0.4 is 9.64 Å². The SMILES string of the molecule is O=C1/C(=C\c2ccccc2OCc2ccc3ccccc3c2)SC(=S)N1c1ccc(Cl)cc1. The number of fused-ring (bicyclic) bond motifs is 1. The fourth-order valence-electron chi connectivity index (χ4n) is 3.64. The van der Waals surface area contributed by atoms with E-state index in [1.54, 1.807) is 24.3 Å². The van der Waals surface area contributed by atoms with Crippen LogP contribution in [0.4, 0.5) is 5.69 Å². The van der Waals surface area contributed by atoms with E-state index in [0.717, 1.165) is 11.1 Å². The lowest BCUT2D eigenvalue weighted by atomic mass is 10.1. The minimum Gasteiger partial charge on any atom is -0.488 e. The summed E-state index contributed by atoms with van der Waals surface area (Å²) in [4.78, 5) is 15.2. The van der Waals surface area contributed by atoms with Gasteiger partial charge in [0.05, 0.1) is 10.6 Å². The number of amides is 1. The Balaban J connectivity index is 1.37. The number of carbonyl (C=O) groups excluding carboxylic acids is 1. The Bertz CT molecular complexity index is 1400. The first kappa shape index (κ1) is 21.7. The molecule has 0 radical (unpaired) electrons. The Labute approximate surface area is 206 Å². The van der Waals surface area contributed by atoms with Gasteiger partial charge < -0.3 is 4.74 Å². The van der Waals surface area contributed by atoms with Gasteiger partial charge in [0, 0.05) is 10.6 Å². The molecule has 0 unspecified atom stereocenters.